The molecule has 0 fully saturated rings. The van der Waals surface area contributed by atoms with Crippen LogP contribution in [0.2, 0.25) is 5.04 Å². The van der Waals surface area contributed by atoms with E-state index in [9.17, 15) is 0 Å². The van der Waals surface area contributed by atoms with E-state index in [0.29, 0.717) is 0 Å². The summed E-state index contributed by atoms with van der Waals surface area (Å²) in [5, 5.41) is 4.05. The van der Waals surface area contributed by atoms with Crippen molar-refractivity contribution in [2.24, 2.45) is 0 Å². The summed E-state index contributed by atoms with van der Waals surface area (Å²) in [5.41, 5.74) is 9.20. The van der Waals surface area contributed by atoms with E-state index in [1.807, 2.05) is 0 Å². The summed E-state index contributed by atoms with van der Waals surface area (Å²) >= 11 is 0. The van der Waals surface area contributed by atoms with Crippen LogP contribution in [-0.2, 0) is 21.7 Å². The van der Waals surface area contributed by atoms with Crippen molar-refractivity contribution in [1.29, 1.82) is 0 Å². The molecule has 0 heterocycles. The number of hydrogen-bond acceptors (Lipinski definition) is 2. The van der Waals surface area contributed by atoms with Crippen LogP contribution in [0.25, 0.3) is 0 Å². The van der Waals surface area contributed by atoms with Gasteiger partial charge in [0.25, 0.3) is 0 Å². The van der Waals surface area contributed by atoms with E-state index >= 15 is 0 Å². The van der Waals surface area contributed by atoms with E-state index in [4.69, 9.17) is 0 Å². The van der Waals surface area contributed by atoms with Crippen molar-refractivity contribution in [1.82, 2.24) is 0 Å². The van der Waals surface area contributed by atoms with Crippen LogP contribution in [0.15, 0.2) is 83.4 Å². The SMILES string of the molecule is CC1=[C-]C(C)([Si](c2cc(C)cc(C)c2)(c2cccc(N(C)C)c2)c2cccc(N(C)C)c2)C(C)=C1C.[Cl-].[Cl-].[Cl-].[Ti+4]. The van der Waals surface area contributed by atoms with Crippen molar-refractivity contribution in [3.63, 3.8) is 0 Å². The molecule has 0 spiro atoms. The average Bonchev–Trinajstić information content (AvgIpc) is 3.02. The second kappa shape index (κ2) is 14.6. The second-order valence-corrected chi connectivity index (χ2v) is 15.4. The van der Waals surface area contributed by atoms with Crippen LogP contribution >= 0.6 is 0 Å². The Morgan fingerprint density at radius 3 is 1.40 bits per heavy atom. The Morgan fingerprint density at radius 1 is 0.625 bits per heavy atom. The third-order valence-electron chi connectivity index (χ3n) is 8.31. The van der Waals surface area contributed by atoms with Crippen LogP contribution in [0.1, 0.15) is 38.8 Å². The molecule has 1 aliphatic rings. The van der Waals surface area contributed by atoms with Gasteiger partial charge in [0.2, 0.25) is 0 Å². The number of halogens is 3. The molecular formula is C33H41Cl3N2SiTi. The van der Waals surface area contributed by atoms with Crippen molar-refractivity contribution in [2.45, 2.75) is 46.6 Å². The number of rotatable bonds is 6. The first kappa shape index (κ1) is 38.5. The number of allylic oxidation sites excluding steroid dienone is 4. The standard InChI is InChI=1S/C33H41N2Si.3ClH.Ti/c1-23-17-24(2)19-32(18-23)36(30-15-11-13-28(20-30)34(7)8,31-16-12-14-29(21-31)35(9)10)33(6)22-25(3)26(4)27(33)5;;;;/h11-21H,1-10H3;3*1H;/q-1;;;;+4/p-3. The van der Waals surface area contributed by atoms with Gasteiger partial charge in [-0.2, -0.15) is 11.1 Å². The van der Waals surface area contributed by atoms with Crippen LogP contribution in [0.3, 0.4) is 0 Å². The molecule has 0 N–H and O–H groups in total. The van der Waals surface area contributed by atoms with Gasteiger partial charge in [0, 0.05) is 39.6 Å². The largest absolute Gasteiger partial charge is 4.00 e. The fourth-order valence-electron chi connectivity index (χ4n) is 6.19. The molecule has 3 aromatic carbocycles. The number of hydrogen-bond donors (Lipinski definition) is 0. The van der Waals surface area contributed by atoms with Crippen LogP contribution in [0.5, 0.6) is 0 Å². The Morgan fingerprint density at radius 2 is 1.05 bits per heavy atom. The minimum Gasteiger partial charge on any atom is -1.00 e. The van der Waals surface area contributed by atoms with Crippen molar-refractivity contribution >= 4 is 35.0 Å². The Balaban J connectivity index is 0.00000380. The fraction of sp³-hybridized carbons (Fsp3) is 0.333. The van der Waals surface area contributed by atoms with Crippen LogP contribution in [0, 0.1) is 19.9 Å². The van der Waals surface area contributed by atoms with Gasteiger partial charge < -0.3 is 47.0 Å². The summed E-state index contributed by atoms with van der Waals surface area (Å²) in [4.78, 5) is 4.44. The smallest absolute Gasteiger partial charge is 1.00 e. The predicted molar refractivity (Wildman–Crippen MR) is 161 cm³/mol. The van der Waals surface area contributed by atoms with Gasteiger partial charge in [-0.15, -0.1) is 6.92 Å². The maximum Gasteiger partial charge on any atom is 4.00 e. The second-order valence-electron chi connectivity index (χ2n) is 11.1. The Bertz CT molecular complexity index is 1310. The number of benzene rings is 3. The van der Waals surface area contributed by atoms with Gasteiger partial charge in [0.15, 0.2) is 0 Å². The maximum absolute atomic E-state index is 4.08. The van der Waals surface area contributed by atoms with Gasteiger partial charge in [-0.25, -0.2) is 5.57 Å². The topological polar surface area (TPSA) is 6.48 Å². The van der Waals surface area contributed by atoms with Crippen LogP contribution in [-0.4, -0.2) is 36.3 Å². The van der Waals surface area contributed by atoms with E-state index in [-0.39, 0.29) is 64.0 Å². The van der Waals surface area contributed by atoms with Crippen LogP contribution in [0.4, 0.5) is 11.4 Å². The third kappa shape index (κ3) is 6.46. The Hall–Kier alpha value is -1.46. The fourth-order valence-corrected chi connectivity index (χ4v) is 12.4. The van der Waals surface area contributed by atoms with Gasteiger partial charge in [-0.05, 0) is 53.7 Å². The van der Waals surface area contributed by atoms with Crippen molar-refractivity contribution in [3.05, 3.63) is 101 Å². The number of aryl methyl sites for hydroxylation is 2. The van der Waals surface area contributed by atoms with E-state index in [1.54, 1.807) is 0 Å². The van der Waals surface area contributed by atoms with Crippen molar-refractivity contribution in [3.8, 4) is 0 Å². The van der Waals surface area contributed by atoms with E-state index < -0.39 is 8.07 Å². The van der Waals surface area contributed by atoms with Gasteiger partial charge >= 0.3 is 21.7 Å². The normalized spacial score (nSPS) is 16.1. The molecule has 40 heavy (non-hydrogen) atoms. The zero-order valence-electron chi connectivity index (χ0n) is 25.4. The molecule has 0 saturated carbocycles. The van der Waals surface area contributed by atoms with Crippen molar-refractivity contribution < 1.29 is 58.9 Å². The first-order valence-electron chi connectivity index (χ1n) is 12.9. The van der Waals surface area contributed by atoms with Gasteiger partial charge in [0.1, 0.15) is 8.07 Å². The summed E-state index contributed by atoms with van der Waals surface area (Å²) in [6.45, 7) is 13.8. The van der Waals surface area contributed by atoms with E-state index in [2.05, 4.69) is 152 Å². The summed E-state index contributed by atoms with van der Waals surface area (Å²) in [6.07, 6.45) is 4.08. The van der Waals surface area contributed by atoms with Crippen LogP contribution < -0.4 is 62.6 Å². The Labute approximate surface area is 277 Å². The summed E-state index contributed by atoms with van der Waals surface area (Å²) in [7, 11) is 5.81. The zero-order valence-corrected chi connectivity index (χ0v) is 30.2. The molecule has 0 bridgehead atoms. The van der Waals surface area contributed by atoms with Crippen molar-refractivity contribution in [2.75, 3.05) is 38.0 Å². The molecule has 4 rings (SSSR count). The monoisotopic (exact) mass is 646 g/mol. The van der Waals surface area contributed by atoms with E-state index in [0.717, 1.165) is 0 Å². The molecule has 1 atom stereocenters. The minimum atomic E-state index is -2.72. The first-order chi connectivity index (χ1) is 16.9. The zero-order chi connectivity index (χ0) is 26.4. The molecule has 0 aliphatic heterocycles. The molecule has 0 aromatic heterocycles. The molecule has 0 radical (unpaired) electrons. The molecule has 0 saturated heterocycles. The minimum absolute atomic E-state index is 0. The summed E-state index contributed by atoms with van der Waals surface area (Å²) in [5.74, 6) is 0. The molecule has 7 heteroatoms. The predicted octanol–water partition coefficient (Wildman–Crippen LogP) is -3.23. The van der Waals surface area contributed by atoms with Gasteiger partial charge in [0.05, 0.1) is 0 Å². The average molecular weight is 648 g/mol. The van der Waals surface area contributed by atoms with Gasteiger partial charge in [-0.3, -0.25) is 6.08 Å². The summed E-state index contributed by atoms with van der Waals surface area (Å²) < 4.78 is 0. The molecule has 1 unspecified atom stereocenters. The number of anilines is 2. The third-order valence-corrected chi connectivity index (χ3v) is 13.8. The molecule has 2 nitrogen and oxygen atoms in total. The maximum atomic E-state index is 4.08. The quantitative estimate of drug-likeness (QED) is 0.158. The molecule has 0 amide bonds. The molecule has 3 aromatic rings. The van der Waals surface area contributed by atoms with Gasteiger partial charge in [-0.1, -0.05) is 79.4 Å². The molecule has 1 aliphatic carbocycles. The Kier molecular flexibility index (Phi) is 14.1. The summed E-state index contributed by atoms with van der Waals surface area (Å²) in [6, 6.07) is 25.8. The molecular weight excluding hydrogens is 607 g/mol. The van der Waals surface area contributed by atoms with E-state index in [1.165, 1.54) is 54.8 Å². The first-order valence-corrected chi connectivity index (χ1v) is 14.9. The number of nitrogens with zero attached hydrogens (tertiary/aromatic N) is 2. The molecule has 212 valence electrons.